The molecule has 0 saturated heterocycles. The van der Waals surface area contributed by atoms with Crippen molar-refractivity contribution in [3.8, 4) is 5.75 Å². The molecule has 1 atom stereocenters. The molecular formula is C19H22F2N2O2. The summed E-state index contributed by atoms with van der Waals surface area (Å²) in [6, 6.07) is 15.6. The van der Waals surface area contributed by atoms with Crippen LogP contribution in [0.15, 0.2) is 54.6 Å². The molecule has 0 heterocycles. The van der Waals surface area contributed by atoms with Crippen molar-refractivity contribution in [1.82, 2.24) is 9.80 Å². The summed E-state index contributed by atoms with van der Waals surface area (Å²) in [4.78, 5) is 16.1. The molecule has 0 aliphatic rings. The first kappa shape index (κ1) is 18.9. The second kappa shape index (κ2) is 8.58. The van der Waals surface area contributed by atoms with Crippen LogP contribution in [0.5, 0.6) is 5.75 Å². The van der Waals surface area contributed by atoms with Gasteiger partial charge in [0.1, 0.15) is 11.8 Å². The molecule has 134 valence electrons. The number of halogens is 2. The van der Waals surface area contributed by atoms with Gasteiger partial charge < -0.3 is 9.64 Å². The zero-order valence-electron chi connectivity index (χ0n) is 14.5. The summed E-state index contributed by atoms with van der Waals surface area (Å²) in [5.41, 5.74) is 1.80. The second-order valence-electron chi connectivity index (χ2n) is 5.98. The number of hydrogen-bond acceptors (Lipinski definition) is 3. The van der Waals surface area contributed by atoms with Gasteiger partial charge in [-0.25, -0.2) is 0 Å². The predicted molar refractivity (Wildman–Crippen MR) is 92.4 cm³/mol. The Morgan fingerprint density at radius 2 is 1.60 bits per heavy atom. The molecule has 0 saturated carbocycles. The lowest BCUT2D eigenvalue weighted by Crippen LogP contribution is -2.37. The molecular weight excluding hydrogens is 326 g/mol. The molecule has 0 bridgehead atoms. The van der Waals surface area contributed by atoms with Crippen molar-refractivity contribution >= 4 is 5.91 Å². The van der Waals surface area contributed by atoms with E-state index in [1.54, 1.807) is 31.1 Å². The molecule has 1 amide bonds. The van der Waals surface area contributed by atoms with Gasteiger partial charge in [-0.05, 0) is 30.3 Å². The third-order valence-corrected chi connectivity index (χ3v) is 3.81. The number of nitrogens with zero attached hydrogens (tertiary/aromatic N) is 2. The molecule has 25 heavy (non-hydrogen) atoms. The Labute approximate surface area is 146 Å². The van der Waals surface area contributed by atoms with E-state index in [4.69, 9.17) is 0 Å². The van der Waals surface area contributed by atoms with E-state index in [2.05, 4.69) is 4.74 Å². The average Bonchev–Trinajstić information content (AvgIpc) is 2.57. The maximum absolute atomic E-state index is 12.6. The third kappa shape index (κ3) is 5.26. The first-order valence-electron chi connectivity index (χ1n) is 7.88. The van der Waals surface area contributed by atoms with Gasteiger partial charge in [0, 0.05) is 20.6 Å². The number of alkyl halides is 2. The maximum atomic E-state index is 12.6. The Bertz CT molecular complexity index is 676. The highest BCUT2D eigenvalue weighted by molar-refractivity contribution is 5.82. The standard InChI is InChI=1S/C19H22F2N2O2/c1-22(2)18(24)17(15-7-5-4-6-8-15)23(3)13-14-9-11-16(12-10-14)25-19(20)21/h4-12,17,19H,13H2,1-3H3. The van der Waals surface area contributed by atoms with E-state index in [0.29, 0.717) is 6.54 Å². The largest absolute Gasteiger partial charge is 0.435 e. The van der Waals surface area contributed by atoms with Crippen LogP contribution in [0, 0.1) is 0 Å². The highest BCUT2D eigenvalue weighted by Crippen LogP contribution is 2.24. The molecule has 1 unspecified atom stereocenters. The second-order valence-corrected chi connectivity index (χ2v) is 5.98. The van der Waals surface area contributed by atoms with E-state index in [1.807, 2.05) is 42.3 Å². The lowest BCUT2D eigenvalue weighted by atomic mass is 10.0. The highest BCUT2D eigenvalue weighted by Gasteiger charge is 2.26. The molecule has 0 aliphatic heterocycles. The minimum Gasteiger partial charge on any atom is -0.435 e. The summed E-state index contributed by atoms with van der Waals surface area (Å²) >= 11 is 0. The van der Waals surface area contributed by atoms with E-state index in [9.17, 15) is 13.6 Å². The number of likely N-dealkylation sites (N-methyl/N-ethyl adjacent to an activating group) is 2. The minimum absolute atomic E-state index is 0.0219. The van der Waals surface area contributed by atoms with E-state index >= 15 is 0 Å². The highest BCUT2D eigenvalue weighted by atomic mass is 19.3. The smallest absolute Gasteiger partial charge is 0.387 e. The van der Waals surface area contributed by atoms with Gasteiger partial charge in [0.25, 0.3) is 0 Å². The number of carbonyl (C=O) groups is 1. The van der Waals surface area contributed by atoms with Crippen molar-refractivity contribution in [3.05, 3.63) is 65.7 Å². The van der Waals surface area contributed by atoms with Gasteiger partial charge >= 0.3 is 6.61 Å². The Balaban J connectivity index is 2.16. The minimum atomic E-state index is -2.84. The summed E-state index contributed by atoms with van der Waals surface area (Å²) in [5.74, 6) is 0.0942. The third-order valence-electron chi connectivity index (χ3n) is 3.81. The molecule has 0 spiro atoms. The average molecular weight is 348 g/mol. The Kier molecular flexibility index (Phi) is 6.47. The molecule has 2 rings (SSSR count). The van der Waals surface area contributed by atoms with Crippen molar-refractivity contribution < 1.29 is 18.3 Å². The van der Waals surface area contributed by atoms with Gasteiger partial charge in [-0.15, -0.1) is 0 Å². The molecule has 0 aliphatic carbocycles. The van der Waals surface area contributed by atoms with E-state index in [1.165, 1.54) is 12.1 Å². The van der Waals surface area contributed by atoms with E-state index < -0.39 is 12.7 Å². The van der Waals surface area contributed by atoms with Crippen LogP contribution in [0.1, 0.15) is 17.2 Å². The quantitative estimate of drug-likeness (QED) is 0.767. The lowest BCUT2D eigenvalue weighted by molar-refractivity contribution is -0.134. The fourth-order valence-corrected chi connectivity index (χ4v) is 2.62. The van der Waals surface area contributed by atoms with Crippen LogP contribution >= 0.6 is 0 Å². The normalized spacial score (nSPS) is 12.3. The first-order chi connectivity index (χ1) is 11.9. The summed E-state index contributed by atoms with van der Waals surface area (Å²) < 4.78 is 28.8. The van der Waals surface area contributed by atoms with Crippen LogP contribution in [-0.4, -0.2) is 43.5 Å². The van der Waals surface area contributed by atoms with Crippen LogP contribution in [0.4, 0.5) is 8.78 Å². The van der Waals surface area contributed by atoms with Gasteiger partial charge in [0.15, 0.2) is 0 Å². The number of amides is 1. The molecule has 0 radical (unpaired) electrons. The van der Waals surface area contributed by atoms with Crippen LogP contribution in [0.25, 0.3) is 0 Å². The van der Waals surface area contributed by atoms with Crippen LogP contribution < -0.4 is 4.74 Å². The summed E-state index contributed by atoms with van der Waals surface area (Å²) in [6.07, 6.45) is 0. The number of rotatable bonds is 7. The van der Waals surface area contributed by atoms with Crippen molar-refractivity contribution in [2.75, 3.05) is 21.1 Å². The molecule has 6 heteroatoms. The maximum Gasteiger partial charge on any atom is 0.387 e. The molecule has 2 aromatic rings. The Morgan fingerprint density at radius 1 is 1.00 bits per heavy atom. The predicted octanol–water partition coefficient (Wildman–Crippen LogP) is 3.55. The zero-order valence-corrected chi connectivity index (χ0v) is 14.5. The Morgan fingerprint density at radius 3 is 2.12 bits per heavy atom. The van der Waals surface area contributed by atoms with Crippen molar-refractivity contribution in [1.29, 1.82) is 0 Å². The zero-order chi connectivity index (χ0) is 18.4. The number of hydrogen-bond donors (Lipinski definition) is 0. The van der Waals surface area contributed by atoms with Crippen LogP contribution in [-0.2, 0) is 11.3 Å². The SMILES string of the molecule is CN(C)C(=O)C(c1ccccc1)N(C)Cc1ccc(OC(F)F)cc1. The van der Waals surface area contributed by atoms with Gasteiger partial charge in [0.05, 0.1) is 0 Å². The topological polar surface area (TPSA) is 32.8 Å². The fraction of sp³-hybridized carbons (Fsp3) is 0.316. The molecule has 0 N–H and O–H groups in total. The molecule has 2 aromatic carbocycles. The van der Waals surface area contributed by atoms with Crippen LogP contribution in [0.2, 0.25) is 0 Å². The molecule has 0 fully saturated rings. The van der Waals surface area contributed by atoms with E-state index in [-0.39, 0.29) is 11.7 Å². The fourth-order valence-electron chi connectivity index (χ4n) is 2.62. The number of ether oxygens (including phenoxy) is 1. The molecule has 4 nitrogen and oxygen atoms in total. The van der Waals surface area contributed by atoms with Crippen molar-refractivity contribution in [2.24, 2.45) is 0 Å². The Hall–Kier alpha value is -2.47. The number of benzene rings is 2. The summed E-state index contributed by atoms with van der Waals surface area (Å²) in [6.45, 7) is -2.35. The van der Waals surface area contributed by atoms with Crippen molar-refractivity contribution in [3.63, 3.8) is 0 Å². The van der Waals surface area contributed by atoms with Crippen molar-refractivity contribution in [2.45, 2.75) is 19.2 Å². The van der Waals surface area contributed by atoms with Gasteiger partial charge in [-0.1, -0.05) is 42.5 Å². The van der Waals surface area contributed by atoms with Gasteiger partial charge in [-0.2, -0.15) is 8.78 Å². The molecule has 0 aromatic heterocycles. The van der Waals surface area contributed by atoms with Gasteiger partial charge in [-0.3, -0.25) is 9.69 Å². The summed E-state index contributed by atoms with van der Waals surface area (Å²) in [7, 11) is 5.31. The lowest BCUT2D eigenvalue weighted by Gasteiger charge is -2.29. The summed E-state index contributed by atoms with van der Waals surface area (Å²) in [5, 5.41) is 0. The first-order valence-corrected chi connectivity index (χ1v) is 7.88. The number of carbonyl (C=O) groups excluding carboxylic acids is 1. The monoisotopic (exact) mass is 348 g/mol. The van der Waals surface area contributed by atoms with E-state index in [0.717, 1.165) is 11.1 Å². The van der Waals surface area contributed by atoms with Gasteiger partial charge in [0.2, 0.25) is 5.91 Å². The van der Waals surface area contributed by atoms with Crippen LogP contribution in [0.3, 0.4) is 0 Å².